The molecule has 0 unspecified atom stereocenters. The first kappa shape index (κ1) is 72.4. The van der Waals surface area contributed by atoms with Gasteiger partial charge in [0.2, 0.25) is 53.2 Å². The predicted octanol–water partition coefficient (Wildman–Crippen LogP) is -2.56. The number of rotatable bonds is 36. The van der Waals surface area contributed by atoms with E-state index >= 15 is 0 Å². The lowest BCUT2D eigenvalue weighted by Crippen LogP contribution is -2.61. The highest BCUT2D eigenvalue weighted by atomic mass is 16.4. The Morgan fingerprint density at radius 1 is 0.638 bits per heavy atom. The molecule has 0 saturated carbocycles. The number of benzene rings is 3. The molecule has 1 aliphatic heterocycles. The number of nitrogens with two attached hydrogens (primary N) is 3. The largest absolute Gasteiger partial charge is 0.508 e. The normalized spacial score (nSPS) is 15.3. The van der Waals surface area contributed by atoms with E-state index in [1.807, 2.05) is 0 Å². The van der Waals surface area contributed by atoms with Crippen LogP contribution in [0.3, 0.4) is 0 Å². The van der Waals surface area contributed by atoms with E-state index in [9.17, 15) is 78.3 Å². The van der Waals surface area contributed by atoms with E-state index in [1.54, 1.807) is 44.3 Å². The Morgan fingerprint density at radius 3 is 1.70 bits per heavy atom. The Bertz CT molecular complexity index is 3470. The number of carboxylic acid groups (broad SMARTS) is 2. The molecule has 21 N–H and O–H groups in total. The molecule has 1 aliphatic rings. The molecule has 94 heavy (non-hydrogen) atoms. The minimum absolute atomic E-state index is 0.0242. The second kappa shape index (κ2) is 35.3. The number of carbonyl (C=O) groups is 11. The number of para-hydroxylation sites is 1. The highest BCUT2D eigenvalue weighted by molar-refractivity contribution is 5.99. The Labute approximate surface area is 539 Å². The molecule has 9 atom stereocenters. The number of phenolic OH excluding ortho intramolecular Hbond substituents is 2. The summed E-state index contributed by atoms with van der Waals surface area (Å²) in [6.45, 7) is 1.88. The van der Waals surface area contributed by atoms with E-state index in [0.717, 1.165) is 0 Å². The van der Waals surface area contributed by atoms with E-state index in [1.165, 1.54) is 66.0 Å². The van der Waals surface area contributed by atoms with Crippen LogP contribution in [0.4, 0.5) is 0 Å². The summed E-state index contributed by atoms with van der Waals surface area (Å²) in [7, 11) is 0. The first-order valence-corrected chi connectivity index (χ1v) is 30.4. The van der Waals surface area contributed by atoms with Gasteiger partial charge in [0.1, 0.15) is 66.4 Å². The predicted molar refractivity (Wildman–Crippen MR) is 338 cm³/mol. The van der Waals surface area contributed by atoms with E-state index in [-0.39, 0.29) is 94.3 Å². The molecule has 3 aromatic carbocycles. The van der Waals surface area contributed by atoms with Crippen molar-refractivity contribution in [2.75, 3.05) is 26.2 Å². The van der Waals surface area contributed by atoms with E-state index in [2.05, 4.69) is 62.5 Å². The van der Waals surface area contributed by atoms with E-state index in [0.29, 0.717) is 39.7 Å². The molecule has 506 valence electrons. The van der Waals surface area contributed by atoms with Gasteiger partial charge in [0.15, 0.2) is 5.96 Å². The number of likely N-dealkylation sites (tertiary alicyclic amines) is 1. The van der Waals surface area contributed by atoms with Crippen LogP contribution in [0.1, 0.15) is 81.2 Å². The number of aliphatic carboxylic acids is 2. The van der Waals surface area contributed by atoms with Crippen LogP contribution in [0.25, 0.3) is 10.9 Å². The number of amides is 9. The van der Waals surface area contributed by atoms with E-state index < -0.39 is 139 Å². The molecule has 5 aromatic rings. The third-order valence-electron chi connectivity index (χ3n) is 15.3. The van der Waals surface area contributed by atoms with Gasteiger partial charge in [0.05, 0.1) is 19.0 Å². The number of hydrogen-bond acceptors (Lipinski definition) is 17. The smallest absolute Gasteiger partial charge is 0.322 e. The number of hydrogen-bond donors (Lipinski definition) is 18. The van der Waals surface area contributed by atoms with Gasteiger partial charge in [-0.3, -0.25) is 57.7 Å². The third kappa shape index (κ3) is 22.3. The first-order valence-electron chi connectivity index (χ1n) is 30.4. The highest BCUT2D eigenvalue weighted by Crippen LogP contribution is 2.23. The van der Waals surface area contributed by atoms with E-state index in [4.69, 9.17) is 17.2 Å². The third-order valence-corrected chi connectivity index (χ3v) is 15.3. The van der Waals surface area contributed by atoms with Gasteiger partial charge in [-0.2, -0.15) is 0 Å². The van der Waals surface area contributed by atoms with Gasteiger partial charge in [0.25, 0.3) is 0 Å². The Morgan fingerprint density at radius 2 is 1.16 bits per heavy atom. The number of H-pyrrole nitrogens is 2. The number of aromatic amines is 2. The molecule has 6 rings (SSSR count). The molecule has 9 amide bonds. The van der Waals surface area contributed by atoms with Crippen LogP contribution in [0.2, 0.25) is 0 Å². The molecule has 2 aromatic heterocycles. The minimum atomic E-state index is -1.85. The molecular weight excluding hydrogens is 1220 g/mol. The first-order chi connectivity index (χ1) is 44.8. The molecule has 0 bridgehead atoms. The summed E-state index contributed by atoms with van der Waals surface area (Å²) in [5.41, 5.74) is 19.4. The van der Waals surface area contributed by atoms with Crippen molar-refractivity contribution in [1.82, 2.24) is 62.4 Å². The summed E-state index contributed by atoms with van der Waals surface area (Å²) in [5, 5.41) is 70.8. The van der Waals surface area contributed by atoms with Crippen molar-refractivity contribution in [3.05, 3.63) is 114 Å². The number of aliphatic imine (C=N–C) groups is 1. The zero-order valence-electron chi connectivity index (χ0n) is 51.8. The average molecular weight is 1310 g/mol. The van der Waals surface area contributed by atoms with Crippen LogP contribution in [-0.4, -0.2) is 197 Å². The number of carbonyl (C=O) groups excluding carboxylic acids is 9. The average Bonchev–Trinajstić information content (AvgIpc) is 1.63. The van der Waals surface area contributed by atoms with Crippen molar-refractivity contribution in [1.29, 1.82) is 0 Å². The number of phenols is 2. The van der Waals surface area contributed by atoms with Crippen molar-refractivity contribution in [2.45, 2.75) is 139 Å². The molecule has 1 saturated heterocycles. The van der Waals surface area contributed by atoms with Gasteiger partial charge in [0, 0.05) is 74.2 Å². The molecule has 32 heteroatoms. The van der Waals surface area contributed by atoms with Crippen molar-refractivity contribution in [3.63, 3.8) is 0 Å². The SMILES string of the molecule is CC(C)C[C@H](NC(=O)[C@@H](Cc1ccc(O)cc1)NC(=O)[C@H](Cc1ccc(O)cc1)NC(=O)[C@H](CO)NC(=O)[C@H](Cc1c[nH]c2ccccc12)NC(=O)[C@H](Cc1cnc[nH]1)NC(=O)[C@@H](N)CCC(=O)O)C(=O)N[C@@H](CCCN=C(N)N)C(=O)N1CCC[C@H]1C(=O)NCC(=O)O. The van der Waals surface area contributed by atoms with Crippen LogP contribution < -0.4 is 59.7 Å². The number of aliphatic hydroxyl groups excluding tert-OH is 1. The fourth-order valence-corrected chi connectivity index (χ4v) is 10.5. The molecule has 0 aliphatic carbocycles. The molecule has 0 radical (unpaired) electrons. The zero-order valence-corrected chi connectivity index (χ0v) is 51.8. The molecule has 1 fully saturated rings. The second-order valence-electron chi connectivity index (χ2n) is 23.1. The van der Waals surface area contributed by atoms with Crippen LogP contribution in [0.15, 0.2) is 96.5 Å². The van der Waals surface area contributed by atoms with Crippen molar-refractivity contribution >= 4 is 82.0 Å². The fraction of sp³-hybridized carbons (Fsp3) is 0.435. The van der Waals surface area contributed by atoms with Crippen LogP contribution in [0.5, 0.6) is 11.5 Å². The maximum Gasteiger partial charge on any atom is 0.322 e. The number of aliphatic hydroxyl groups is 1. The summed E-state index contributed by atoms with van der Waals surface area (Å²) in [4.78, 5) is 166. The van der Waals surface area contributed by atoms with Crippen LogP contribution >= 0.6 is 0 Å². The standard InChI is InChI=1S/C62H82N16O16/c1-33(2)23-44(54(87)71-43(9-5-21-67-62(64)65)61(94)78-22-6-10-50(78)60(93)69-30-52(84)85)73-55(88)45(24-34-11-15-38(80)16-12-34)74-56(89)46(25-35-13-17-39(81)18-14-35)75-59(92)49(31-79)77-57(90)47(26-36-28-68-42-8-4-3-7-40(36)42)76-58(91)48(27-37-29-66-32-70-37)72-53(86)41(63)19-20-51(82)83/h3-4,7-8,11-18,28-29,32-33,41,43-50,68,79-81H,5-6,9-10,19-27,30-31,63H2,1-2H3,(H,66,70)(H,69,93)(H,71,87)(H,72,86)(H,73,88)(H,74,89)(H,75,92)(H,76,91)(H,77,90)(H,82,83)(H,84,85)(H4,64,65,67)/t41-,43-,44-,45+,46-,47-,48-,49-,50-/m0/s1. The number of fused-ring (bicyclic) bond motifs is 1. The lowest BCUT2D eigenvalue weighted by Gasteiger charge is -2.30. The van der Waals surface area contributed by atoms with Crippen molar-refractivity contribution < 1.29 is 78.3 Å². The number of guanidine groups is 1. The summed E-state index contributed by atoms with van der Waals surface area (Å²) < 4.78 is 0. The summed E-state index contributed by atoms with van der Waals surface area (Å²) in [5.74, 6) is -11.4. The lowest BCUT2D eigenvalue weighted by atomic mass is 9.99. The zero-order chi connectivity index (χ0) is 68.6. The summed E-state index contributed by atoms with van der Waals surface area (Å²) >= 11 is 0. The second-order valence-corrected chi connectivity index (χ2v) is 23.1. The van der Waals surface area contributed by atoms with Crippen LogP contribution in [-0.2, 0) is 78.4 Å². The maximum absolute atomic E-state index is 14.9. The topological polar surface area (TPSA) is 523 Å². The van der Waals surface area contributed by atoms with Gasteiger partial charge >= 0.3 is 11.9 Å². The van der Waals surface area contributed by atoms with Gasteiger partial charge < -0.3 is 100 Å². The molecule has 3 heterocycles. The molecule has 0 spiro atoms. The maximum atomic E-state index is 14.9. The summed E-state index contributed by atoms with van der Waals surface area (Å²) in [6, 6.07) is 4.99. The number of carboxylic acids is 2. The van der Waals surface area contributed by atoms with Crippen molar-refractivity contribution in [3.8, 4) is 11.5 Å². The Balaban J connectivity index is 1.27. The van der Waals surface area contributed by atoms with Gasteiger partial charge in [-0.25, -0.2) is 4.98 Å². The van der Waals surface area contributed by atoms with Gasteiger partial charge in [-0.05, 0) is 91.5 Å². The summed E-state index contributed by atoms with van der Waals surface area (Å²) in [6.07, 6.45) is 3.19. The lowest BCUT2D eigenvalue weighted by molar-refractivity contribution is -0.143. The monoisotopic (exact) mass is 1310 g/mol. The minimum Gasteiger partial charge on any atom is -0.508 e. The van der Waals surface area contributed by atoms with Gasteiger partial charge in [-0.1, -0.05) is 56.3 Å². The number of aromatic nitrogens is 3. The molecule has 32 nitrogen and oxygen atoms in total. The number of nitrogens with one attached hydrogen (secondary N) is 10. The van der Waals surface area contributed by atoms with Crippen molar-refractivity contribution in [2.24, 2.45) is 28.1 Å². The van der Waals surface area contributed by atoms with Gasteiger partial charge in [-0.15, -0.1) is 0 Å². The Hall–Kier alpha value is -10.6. The number of imidazole rings is 1. The van der Waals surface area contributed by atoms with Crippen LogP contribution in [0, 0.1) is 5.92 Å². The Kier molecular flexibility index (Phi) is 27.2. The molecular formula is C62H82N16O16. The number of aromatic hydroxyl groups is 2. The quantitative estimate of drug-likeness (QED) is 0.0111. The highest BCUT2D eigenvalue weighted by Gasteiger charge is 2.40. The number of nitrogens with zero attached hydrogens (tertiary/aromatic N) is 3. The fourth-order valence-electron chi connectivity index (χ4n) is 10.5.